The van der Waals surface area contributed by atoms with Crippen LogP contribution in [0.2, 0.25) is 5.02 Å². The molecule has 26 heavy (non-hydrogen) atoms. The number of carbonyl (C=O) groups excluding carboxylic acids is 1. The molecule has 0 aliphatic rings. The van der Waals surface area contributed by atoms with Gasteiger partial charge >= 0.3 is 0 Å². The number of ether oxygens (including phenoxy) is 1. The van der Waals surface area contributed by atoms with Crippen molar-refractivity contribution < 1.29 is 9.53 Å². The summed E-state index contributed by atoms with van der Waals surface area (Å²) in [6, 6.07) is 8.82. The molecule has 0 bridgehead atoms. The number of aromatic nitrogens is 4. The quantitative estimate of drug-likeness (QED) is 0.613. The van der Waals surface area contributed by atoms with Crippen LogP contribution in [0.15, 0.2) is 47.2 Å². The second-order valence-corrected chi connectivity index (χ2v) is 6.64. The molecule has 0 saturated heterocycles. The Morgan fingerprint density at radius 1 is 1.35 bits per heavy atom. The van der Waals surface area contributed by atoms with Gasteiger partial charge in [0.15, 0.2) is 6.73 Å². The summed E-state index contributed by atoms with van der Waals surface area (Å²) in [6.45, 7) is 3.23. The average Bonchev–Trinajstić information content (AvgIpc) is 3.25. The standard InChI is InChI=1S/C17H17BrClN5O2/c1-2-24-15(12(18)9-21-24)10-20-17(25)14-7-8-23(22-14)11-26-16-6-4-3-5-13(16)19/h3-9H,2,10-11H2,1H3,(H,20,25). The van der Waals surface area contributed by atoms with E-state index in [4.69, 9.17) is 16.3 Å². The van der Waals surface area contributed by atoms with E-state index in [9.17, 15) is 4.79 Å². The monoisotopic (exact) mass is 437 g/mol. The molecule has 7 nitrogen and oxygen atoms in total. The van der Waals surface area contributed by atoms with Crippen LogP contribution in [0.1, 0.15) is 23.1 Å². The predicted molar refractivity (Wildman–Crippen MR) is 101 cm³/mol. The summed E-state index contributed by atoms with van der Waals surface area (Å²) in [4.78, 5) is 12.3. The second-order valence-electron chi connectivity index (χ2n) is 5.38. The Hall–Kier alpha value is -2.32. The van der Waals surface area contributed by atoms with Crippen molar-refractivity contribution in [3.8, 4) is 5.75 Å². The van der Waals surface area contributed by atoms with E-state index in [0.29, 0.717) is 23.0 Å². The number of aryl methyl sites for hydroxylation is 1. The van der Waals surface area contributed by atoms with Crippen LogP contribution in [0, 0.1) is 0 Å². The summed E-state index contributed by atoms with van der Waals surface area (Å²) in [5, 5.41) is 11.8. The van der Waals surface area contributed by atoms with Crippen LogP contribution < -0.4 is 10.1 Å². The van der Waals surface area contributed by atoms with Crippen molar-refractivity contribution in [2.24, 2.45) is 0 Å². The molecular formula is C17H17BrClN5O2. The normalized spacial score (nSPS) is 10.7. The van der Waals surface area contributed by atoms with Crippen LogP contribution in [0.5, 0.6) is 5.75 Å². The van der Waals surface area contributed by atoms with Gasteiger partial charge in [-0.25, -0.2) is 4.68 Å². The number of nitrogens with zero attached hydrogens (tertiary/aromatic N) is 4. The van der Waals surface area contributed by atoms with Crippen LogP contribution >= 0.6 is 27.5 Å². The zero-order chi connectivity index (χ0) is 18.5. The van der Waals surface area contributed by atoms with E-state index in [2.05, 4.69) is 31.4 Å². The number of benzene rings is 1. The van der Waals surface area contributed by atoms with E-state index in [0.717, 1.165) is 16.7 Å². The number of hydrogen-bond acceptors (Lipinski definition) is 4. The Balaban J connectivity index is 1.58. The first-order valence-corrected chi connectivity index (χ1v) is 9.14. The van der Waals surface area contributed by atoms with Crippen molar-refractivity contribution in [1.82, 2.24) is 24.9 Å². The summed E-state index contributed by atoms with van der Waals surface area (Å²) >= 11 is 9.48. The first-order valence-electron chi connectivity index (χ1n) is 7.97. The molecule has 0 atom stereocenters. The largest absolute Gasteiger partial charge is 0.470 e. The minimum Gasteiger partial charge on any atom is -0.470 e. The number of carbonyl (C=O) groups is 1. The maximum atomic E-state index is 12.3. The van der Waals surface area contributed by atoms with Gasteiger partial charge in [0.05, 0.1) is 27.9 Å². The number of amides is 1. The molecule has 0 spiro atoms. The summed E-state index contributed by atoms with van der Waals surface area (Å²) in [6.07, 6.45) is 3.39. The Bertz CT molecular complexity index is 908. The highest BCUT2D eigenvalue weighted by Crippen LogP contribution is 2.23. The molecule has 9 heteroatoms. The van der Waals surface area contributed by atoms with E-state index in [1.54, 1.807) is 30.6 Å². The van der Waals surface area contributed by atoms with Crippen LogP contribution in [-0.2, 0) is 19.8 Å². The van der Waals surface area contributed by atoms with Gasteiger partial charge in [-0.15, -0.1) is 0 Å². The zero-order valence-electron chi connectivity index (χ0n) is 14.0. The van der Waals surface area contributed by atoms with Gasteiger partial charge < -0.3 is 10.1 Å². The minimum absolute atomic E-state index is 0.158. The molecule has 0 aliphatic heterocycles. The van der Waals surface area contributed by atoms with Crippen molar-refractivity contribution in [2.45, 2.75) is 26.7 Å². The van der Waals surface area contributed by atoms with E-state index >= 15 is 0 Å². The van der Waals surface area contributed by atoms with E-state index in [1.807, 2.05) is 23.7 Å². The van der Waals surface area contributed by atoms with Gasteiger partial charge in [-0.2, -0.15) is 10.2 Å². The number of para-hydroxylation sites is 1. The maximum Gasteiger partial charge on any atom is 0.272 e. The van der Waals surface area contributed by atoms with Gasteiger partial charge in [-0.3, -0.25) is 9.48 Å². The van der Waals surface area contributed by atoms with Crippen LogP contribution in [0.3, 0.4) is 0 Å². The Labute approximate surface area is 164 Å². The first kappa shape index (κ1) is 18.5. The average molecular weight is 439 g/mol. The predicted octanol–water partition coefficient (Wildman–Crippen LogP) is 3.48. The highest BCUT2D eigenvalue weighted by atomic mass is 79.9. The van der Waals surface area contributed by atoms with Crippen LogP contribution in [-0.4, -0.2) is 25.5 Å². The molecule has 2 heterocycles. The topological polar surface area (TPSA) is 74.0 Å². The van der Waals surface area contributed by atoms with Gasteiger partial charge in [0.2, 0.25) is 0 Å². The molecule has 0 fully saturated rings. The molecule has 2 aromatic heterocycles. The van der Waals surface area contributed by atoms with Crippen molar-refractivity contribution >= 4 is 33.4 Å². The van der Waals surface area contributed by atoms with E-state index < -0.39 is 0 Å². The fraction of sp³-hybridized carbons (Fsp3) is 0.235. The third-order valence-corrected chi connectivity index (χ3v) is 4.65. The van der Waals surface area contributed by atoms with Crippen molar-refractivity contribution in [1.29, 1.82) is 0 Å². The molecule has 3 rings (SSSR count). The zero-order valence-corrected chi connectivity index (χ0v) is 16.4. The first-order chi connectivity index (χ1) is 12.6. The second kappa shape index (κ2) is 8.37. The molecule has 0 unspecified atom stereocenters. The number of hydrogen-bond donors (Lipinski definition) is 1. The molecular weight excluding hydrogens is 422 g/mol. The molecule has 136 valence electrons. The van der Waals surface area contributed by atoms with Crippen molar-refractivity contribution in [2.75, 3.05) is 0 Å². The van der Waals surface area contributed by atoms with Crippen LogP contribution in [0.4, 0.5) is 0 Å². The lowest BCUT2D eigenvalue weighted by molar-refractivity contribution is 0.0942. The van der Waals surface area contributed by atoms with E-state index in [1.165, 1.54) is 4.68 Å². The lowest BCUT2D eigenvalue weighted by atomic mass is 10.3. The maximum absolute atomic E-state index is 12.3. The number of nitrogens with one attached hydrogen (secondary N) is 1. The molecule has 0 radical (unpaired) electrons. The third kappa shape index (κ3) is 4.25. The molecule has 1 N–H and O–H groups in total. The Kier molecular flexibility index (Phi) is 5.95. The van der Waals surface area contributed by atoms with Gasteiger partial charge in [-0.05, 0) is 41.1 Å². The van der Waals surface area contributed by atoms with Gasteiger partial charge in [0, 0.05) is 12.7 Å². The number of rotatable bonds is 7. The molecule has 1 amide bonds. The highest BCUT2D eigenvalue weighted by molar-refractivity contribution is 9.10. The molecule has 0 saturated carbocycles. The van der Waals surface area contributed by atoms with Crippen molar-refractivity contribution in [3.63, 3.8) is 0 Å². The third-order valence-electron chi connectivity index (χ3n) is 3.68. The summed E-state index contributed by atoms with van der Waals surface area (Å²) in [5.41, 5.74) is 1.22. The summed E-state index contributed by atoms with van der Waals surface area (Å²) < 4.78 is 9.81. The molecule has 0 aliphatic carbocycles. The lowest BCUT2D eigenvalue weighted by Gasteiger charge is -2.08. The summed E-state index contributed by atoms with van der Waals surface area (Å²) in [7, 11) is 0. The van der Waals surface area contributed by atoms with Gasteiger partial charge in [-0.1, -0.05) is 23.7 Å². The Morgan fingerprint density at radius 3 is 2.92 bits per heavy atom. The van der Waals surface area contributed by atoms with Gasteiger partial charge in [0.25, 0.3) is 5.91 Å². The van der Waals surface area contributed by atoms with Crippen LogP contribution in [0.25, 0.3) is 0 Å². The highest BCUT2D eigenvalue weighted by Gasteiger charge is 2.13. The Morgan fingerprint density at radius 2 is 2.15 bits per heavy atom. The lowest BCUT2D eigenvalue weighted by Crippen LogP contribution is -2.25. The fourth-order valence-corrected chi connectivity index (χ4v) is 2.97. The summed E-state index contributed by atoms with van der Waals surface area (Å²) in [5.74, 6) is 0.297. The minimum atomic E-state index is -0.266. The number of halogens is 2. The smallest absolute Gasteiger partial charge is 0.272 e. The fourth-order valence-electron chi connectivity index (χ4n) is 2.34. The molecule has 1 aromatic carbocycles. The van der Waals surface area contributed by atoms with E-state index in [-0.39, 0.29) is 12.6 Å². The SMILES string of the molecule is CCn1ncc(Br)c1CNC(=O)c1ccn(COc2ccccc2Cl)n1. The van der Waals surface area contributed by atoms with Crippen molar-refractivity contribution in [3.05, 3.63) is 63.6 Å². The molecule has 3 aromatic rings. The van der Waals surface area contributed by atoms with Gasteiger partial charge in [0.1, 0.15) is 11.4 Å².